The van der Waals surface area contributed by atoms with Crippen LogP contribution in [0.5, 0.6) is 46.0 Å². The first-order valence-corrected chi connectivity index (χ1v) is 25.6. The lowest BCUT2D eigenvalue weighted by atomic mass is 10.2. The van der Waals surface area contributed by atoms with Crippen molar-refractivity contribution in [1.29, 1.82) is 0 Å². The van der Waals surface area contributed by atoms with Crippen LogP contribution in [-0.4, -0.2) is 66.3 Å². The first-order valence-electron chi connectivity index (χ1n) is 25.6. The fourth-order valence-corrected chi connectivity index (χ4v) is 7.24. The molecule has 0 spiro atoms. The van der Waals surface area contributed by atoms with Gasteiger partial charge in [-0.1, -0.05) is 0 Å². The van der Waals surface area contributed by atoms with Crippen LogP contribution in [0.3, 0.4) is 0 Å². The minimum Gasteiger partial charge on any atom is -0.497 e. The standard InChI is InChI=1S/C63H62N6O8/c1-70-56-28-16-52(17-29-56)66-68-54-20-36-62(37-21-54)76-44-6-42-74-58-24-8-48(9-25-58)46-64-50-12-32-60(33-13-50)72-40-4-3-5-41-73-61-34-14-51(15-35-61)65-47-49-10-26-59(27-11-49)75-43-7-45-77-63-38-22-55(23-39-63)69-67-53-18-30-57(71-2)31-19-53/h8-39,46-47H,3-7,40-45H2,1-2H3. The Morgan fingerprint density at radius 1 is 0.247 bits per heavy atom. The number of hydrogen-bond acceptors (Lipinski definition) is 14. The van der Waals surface area contributed by atoms with E-state index < -0.39 is 0 Å². The van der Waals surface area contributed by atoms with E-state index in [1.807, 2.05) is 207 Å². The number of aliphatic imine (C=N–C) groups is 2. The molecule has 8 aromatic carbocycles. The van der Waals surface area contributed by atoms with Gasteiger partial charge in [-0.2, -0.15) is 20.5 Å². The molecule has 0 aliphatic carbocycles. The molecule has 0 aliphatic heterocycles. The summed E-state index contributed by atoms with van der Waals surface area (Å²) in [5.41, 5.74) is 6.64. The van der Waals surface area contributed by atoms with Gasteiger partial charge in [0.25, 0.3) is 0 Å². The zero-order valence-corrected chi connectivity index (χ0v) is 43.4. The molecule has 0 amide bonds. The van der Waals surface area contributed by atoms with Crippen molar-refractivity contribution in [2.45, 2.75) is 32.1 Å². The molecule has 14 nitrogen and oxygen atoms in total. The molecule has 0 atom stereocenters. The highest BCUT2D eigenvalue weighted by Gasteiger charge is 2.03. The maximum atomic E-state index is 5.98. The number of ether oxygens (including phenoxy) is 8. The van der Waals surface area contributed by atoms with E-state index in [2.05, 4.69) is 30.4 Å². The van der Waals surface area contributed by atoms with Crippen molar-refractivity contribution in [2.75, 3.05) is 53.9 Å². The molecule has 8 rings (SSSR count). The number of methoxy groups -OCH3 is 2. The number of nitrogens with zero attached hydrogens (tertiary/aromatic N) is 6. The highest BCUT2D eigenvalue weighted by atomic mass is 16.5. The molecule has 0 aromatic heterocycles. The van der Waals surface area contributed by atoms with Gasteiger partial charge in [0.05, 0.1) is 88.0 Å². The lowest BCUT2D eigenvalue weighted by Crippen LogP contribution is -2.04. The molecule has 392 valence electrons. The molecular weight excluding hydrogens is 969 g/mol. The summed E-state index contributed by atoms with van der Waals surface area (Å²) in [5, 5.41) is 17.1. The number of hydrogen-bond donors (Lipinski definition) is 0. The molecule has 0 aliphatic rings. The van der Waals surface area contributed by atoms with E-state index in [9.17, 15) is 0 Å². The van der Waals surface area contributed by atoms with Crippen LogP contribution in [0.2, 0.25) is 0 Å². The van der Waals surface area contributed by atoms with Gasteiger partial charge < -0.3 is 37.9 Å². The van der Waals surface area contributed by atoms with E-state index in [4.69, 9.17) is 37.9 Å². The lowest BCUT2D eigenvalue weighted by Gasteiger charge is -2.08. The quantitative estimate of drug-likeness (QED) is 0.0246. The Hall–Kier alpha value is -9.30. The molecule has 0 N–H and O–H groups in total. The van der Waals surface area contributed by atoms with Gasteiger partial charge >= 0.3 is 0 Å². The van der Waals surface area contributed by atoms with Crippen LogP contribution in [0.15, 0.2) is 225 Å². The maximum absolute atomic E-state index is 5.98. The van der Waals surface area contributed by atoms with Crippen LogP contribution in [0.25, 0.3) is 0 Å². The molecule has 0 radical (unpaired) electrons. The third-order valence-corrected chi connectivity index (χ3v) is 11.5. The average Bonchev–Trinajstić information content (AvgIpc) is 3.48. The van der Waals surface area contributed by atoms with E-state index in [-0.39, 0.29) is 0 Å². The van der Waals surface area contributed by atoms with Gasteiger partial charge in [-0.05, 0) is 225 Å². The highest BCUT2D eigenvalue weighted by Crippen LogP contribution is 2.26. The van der Waals surface area contributed by atoms with E-state index in [0.29, 0.717) is 39.6 Å². The van der Waals surface area contributed by atoms with Gasteiger partial charge in [0, 0.05) is 25.3 Å². The zero-order chi connectivity index (χ0) is 53.0. The van der Waals surface area contributed by atoms with Crippen molar-refractivity contribution in [2.24, 2.45) is 30.4 Å². The second-order valence-electron chi connectivity index (χ2n) is 17.3. The Morgan fingerprint density at radius 2 is 0.468 bits per heavy atom. The van der Waals surface area contributed by atoms with Crippen LogP contribution >= 0.6 is 0 Å². The second-order valence-corrected chi connectivity index (χ2v) is 17.3. The third-order valence-electron chi connectivity index (χ3n) is 11.5. The topological polar surface area (TPSA) is 148 Å². The van der Waals surface area contributed by atoms with E-state index in [1.165, 1.54) is 0 Å². The average molecular weight is 1030 g/mol. The minimum atomic E-state index is 0.533. The zero-order valence-electron chi connectivity index (χ0n) is 43.4. The summed E-state index contributed by atoms with van der Waals surface area (Å²) in [5.74, 6) is 6.33. The summed E-state index contributed by atoms with van der Waals surface area (Å²) in [6.07, 6.45) is 8.02. The Labute approximate surface area is 450 Å². The maximum Gasteiger partial charge on any atom is 0.119 e. The molecule has 77 heavy (non-hydrogen) atoms. The van der Waals surface area contributed by atoms with Gasteiger partial charge in [0.2, 0.25) is 0 Å². The van der Waals surface area contributed by atoms with Crippen LogP contribution < -0.4 is 37.9 Å². The summed E-state index contributed by atoms with van der Waals surface area (Å²) < 4.78 is 45.9. The van der Waals surface area contributed by atoms with Crippen molar-refractivity contribution in [1.82, 2.24) is 0 Å². The molecule has 0 fully saturated rings. The number of azo groups is 2. The second kappa shape index (κ2) is 30.2. The van der Waals surface area contributed by atoms with Gasteiger partial charge in [0.15, 0.2) is 0 Å². The van der Waals surface area contributed by atoms with Crippen molar-refractivity contribution >= 4 is 46.6 Å². The van der Waals surface area contributed by atoms with Crippen LogP contribution in [0, 0.1) is 0 Å². The lowest BCUT2D eigenvalue weighted by molar-refractivity contribution is 0.247. The molecule has 0 saturated carbocycles. The van der Waals surface area contributed by atoms with E-state index in [1.54, 1.807) is 14.2 Å². The summed E-state index contributed by atoms with van der Waals surface area (Å²) in [4.78, 5) is 9.25. The molecule has 0 bridgehead atoms. The number of rotatable bonds is 30. The SMILES string of the molecule is COc1ccc(N=Nc2ccc(OCCCOc3ccc(C=Nc4ccc(OCCCCCOc5ccc(N=Cc6ccc(OCCCOc7ccc(N=Nc8ccc(OC)cc8)cc7)cc6)cc5)cc4)cc3)cc2)cc1. The number of benzene rings is 8. The molecule has 0 heterocycles. The third kappa shape index (κ3) is 19.2. The van der Waals surface area contributed by atoms with Gasteiger partial charge in [-0.15, -0.1) is 0 Å². The summed E-state index contributed by atoms with van der Waals surface area (Å²) in [7, 11) is 3.27. The predicted molar refractivity (Wildman–Crippen MR) is 304 cm³/mol. The first kappa shape index (κ1) is 54.0. The van der Waals surface area contributed by atoms with Crippen LogP contribution in [-0.2, 0) is 0 Å². The molecular formula is C63H62N6O8. The normalized spacial score (nSPS) is 11.4. The summed E-state index contributed by atoms with van der Waals surface area (Å²) in [6, 6.07) is 61.2. The highest BCUT2D eigenvalue weighted by molar-refractivity contribution is 5.82. The number of unbranched alkanes of at least 4 members (excludes halogenated alkanes) is 2. The molecule has 0 unspecified atom stereocenters. The van der Waals surface area contributed by atoms with Crippen molar-refractivity contribution < 1.29 is 37.9 Å². The fourth-order valence-electron chi connectivity index (χ4n) is 7.24. The van der Waals surface area contributed by atoms with Gasteiger partial charge in [0.1, 0.15) is 46.0 Å². The van der Waals surface area contributed by atoms with E-state index in [0.717, 1.165) is 123 Å². The fraction of sp³-hybridized carbons (Fsp3) is 0.206. The van der Waals surface area contributed by atoms with Crippen molar-refractivity contribution in [3.8, 4) is 46.0 Å². The Balaban J connectivity index is 0.623. The summed E-state index contributed by atoms with van der Waals surface area (Å²) >= 11 is 0. The smallest absolute Gasteiger partial charge is 0.119 e. The summed E-state index contributed by atoms with van der Waals surface area (Å²) in [6.45, 7) is 3.42. The first-order chi connectivity index (χ1) is 38.0. The van der Waals surface area contributed by atoms with E-state index >= 15 is 0 Å². The van der Waals surface area contributed by atoms with Crippen LogP contribution in [0.4, 0.5) is 34.1 Å². The van der Waals surface area contributed by atoms with Crippen LogP contribution in [0.1, 0.15) is 43.2 Å². The minimum absolute atomic E-state index is 0.533. The molecule has 8 aromatic rings. The Morgan fingerprint density at radius 3 is 0.727 bits per heavy atom. The Bertz CT molecular complexity index is 2870. The van der Waals surface area contributed by atoms with Gasteiger partial charge in [-0.3, -0.25) is 9.98 Å². The molecule has 14 heteroatoms. The monoisotopic (exact) mass is 1030 g/mol. The molecule has 0 saturated heterocycles. The Kier molecular flexibility index (Phi) is 21.1. The predicted octanol–water partition coefficient (Wildman–Crippen LogP) is 16.4. The largest absolute Gasteiger partial charge is 0.497 e. The van der Waals surface area contributed by atoms with Gasteiger partial charge in [-0.25, -0.2) is 0 Å². The van der Waals surface area contributed by atoms with Crippen molar-refractivity contribution in [3.63, 3.8) is 0 Å². The van der Waals surface area contributed by atoms with Crippen molar-refractivity contribution in [3.05, 3.63) is 205 Å².